The van der Waals surface area contributed by atoms with Crippen LogP contribution < -0.4 is 9.47 Å². The Labute approximate surface area is 128 Å². The standard InChI is InChI=1S/C17H16O5/c1-2-21-16-9-13(10-18)5-8-15(16)22-11-12-3-6-14(7-4-12)17(19)20/h3-10H,2,11H2,1H3,(H,19,20). The van der Waals surface area contributed by atoms with Crippen molar-refractivity contribution in [1.82, 2.24) is 0 Å². The van der Waals surface area contributed by atoms with Crippen molar-refractivity contribution in [1.29, 1.82) is 0 Å². The number of carboxylic acids is 1. The van der Waals surface area contributed by atoms with Gasteiger partial charge in [-0.15, -0.1) is 0 Å². The Balaban J connectivity index is 2.10. The number of benzene rings is 2. The van der Waals surface area contributed by atoms with Gasteiger partial charge in [0, 0.05) is 5.56 Å². The molecule has 114 valence electrons. The van der Waals surface area contributed by atoms with Crippen LogP contribution in [0.1, 0.15) is 33.2 Å². The molecule has 2 aromatic carbocycles. The van der Waals surface area contributed by atoms with Crippen molar-refractivity contribution in [3.8, 4) is 11.5 Å². The first-order chi connectivity index (χ1) is 10.6. The van der Waals surface area contributed by atoms with Crippen molar-refractivity contribution in [3.63, 3.8) is 0 Å². The maximum absolute atomic E-state index is 10.8. The molecule has 0 aliphatic carbocycles. The number of hydrogen-bond acceptors (Lipinski definition) is 4. The Kier molecular flexibility index (Phi) is 5.14. The van der Waals surface area contributed by atoms with Crippen LogP contribution in [-0.2, 0) is 6.61 Å². The first kappa shape index (κ1) is 15.6. The molecule has 0 spiro atoms. The number of ether oxygens (including phenoxy) is 2. The molecular weight excluding hydrogens is 284 g/mol. The molecule has 22 heavy (non-hydrogen) atoms. The summed E-state index contributed by atoms with van der Waals surface area (Å²) in [5.74, 6) is 0.0829. The number of carbonyl (C=O) groups is 2. The van der Waals surface area contributed by atoms with Gasteiger partial charge in [0.05, 0.1) is 12.2 Å². The van der Waals surface area contributed by atoms with E-state index < -0.39 is 5.97 Å². The highest BCUT2D eigenvalue weighted by atomic mass is 16.5. The average Bonchev–Trinajstić information content (AvgIpc) is 2.54. The fourth-order valence-electron chi connectivity index (χ4n) is 1.89. The molecule has 0 bridgehead atoms. The van der Waals surface area contributed by atoms with Crippen molar-refractivity contribution in [2.45, 2.75) is 13.5 Å². The summed E-state index contributed by atoms with van der Waals surface area (Å²) in [6.45, 7) is 2.59. The van der Waals surface area contributed by atoms with Gasteiger partial charge in [0.25, 0.3) is 0 Å². The van der Waals surface area contributed by atoms with Crippen LogP contribution in [0.5, 0.6) is 11.5 Å². The zero-order valence-electron chi connectivity index (χ0n) is 12.1. The Bertz CT molecular complexity index is 661. The zero-order valence-corrected chi connectivity index (χ0v) is 12.1. The molecule has 0 radical (unpaired) electrons. The first-order valence-corrected chi connectivity index (χ1v) is 6.81. The van der Waals surface area contributed by atoms with Crippen LogP contribution >= 0.6 is 0 Å². The molecule has 0 unspecified atom stereocenters. The predicted octanol–water partition coefficient (Wildman–Crippen LogP) is 3.18. The van der Waals surface area contributed by atoms with Crippen LogP contribution in [0.3, 0.4) is 0 Å². The van der Waals surface area contributed by atoms with Gasteiger partial charge in [-0.05, 0) is 42.8 Å². The topological polar surface area (TPSA) is 72.8 Å². The van der Waals surface area contributed by atoms with Gasteiger partial charge >= 0.3 is 5.97 Å². The minimum Gasteiger partial charge on any atom is -0.490 e. The van der Waals surface area contributed by atoms with E-state index in [2.05, 4.69) is 0 Å². The largest absolute Gasteiger partial charge is 0.490 e. The number of hydrogen-bond donors (Lipinski definition) is 1. The van der Waals surface area contributed by atoms with E-state index in [4.69, 9.17) is 14.6 Å². The fourth-order valence-corrected chi connectivity index (χ4v) is 1.89. The molecule has 2 rings (SSSR count). The minimum absolute atomic E-state index is 0.231. The van der Waals surface area contributed by atoms with E-state index in [1.165, 1.54) is 12.1 Å². The molecule has 0 saturated carbocycles. The van der Waals surface area contributed by atoms with Crippen molar-refractivity contribution >= 4 is 12.3 Å². The van der Waals surface area contributed by atoms with Crippen LogP contribution in [0.15, 0.2) is 42.5 Å². The third-order valence-corrected chi connectivity index (χ3v) is 3.00. The highest BCUT2D eigenvalue weighted by Gasteiger charge is 2.07. The van der Waals surface area contributed by atoms with E-state index in [-0.39, 0.29) is 12.2 Å². The van der Waals surface area contributed by atoms with E-state index >= 15 is 0 Å². The van der Waals surface area contributed by atoms with Crippen LogP contribution in [0.4, 0.5) is 0 Å². The SMILES string of the molecule is CCOc1cc(C=O)ccc1OCc1ccc(C(=O)O)cc1. The number of aldehydes is 1. The average molecular weight is 300 g/mol. The molecule has 0 aromatic heterocycles. The van der Waals surface area contributed by atoms with E-state index in [0.29, 0.717) is 23.7 Å². The van der Waals surface area contributed by atoms with Gasteiger partial charge in [0.15, 0.2) is 11.5 Å². The van der Waals surface area contributed by atoms with E-state index in [9.17, 15) is 9.59 Å². The summed E-state index contributed by atoms with van der Waals surface area (Å²) in [4.78, 5) is 21.6. The van der Waals surface area contributed by atoms with Gasteiger partial charge in [0.2, 0.25) is 0 Å². The lowest BCUT2D eigenvalue weighted by Crippen LogP contribution is -2.01. The maximum atomic E-state index is 10.8. The number of carbonyl (C=O) groups excluding carboxylic acids is 1. The normalized spacial score (nSPS) is 10.0. The lowest BCUT2D eigenvalue weighted by Gasteiger charge is -2.12. The summed E-state index contributed by atoms with van der Waals surface area (Å²) < 4.78 is 11.1. The molecule has 2 aromatic rings. The van der Waals surface area contributed by atoms with E-state index in [0.717, 1.165) is 11.8 Å². The van der Waals surface area contributed by atoms with Gasteiger partial charge in [-0.2, -0.15) is 0 Å². The highest BCUT2D eigenvalue weighted by molar-refractivity contribution is 5.87. The zero-order chi connectivity index (χ0) is 15.9. The van der Waals surface area contributed by atoms with Gasteiger partial charge in [-0.25, -0.2) is 4.79 Å². The predicted molar refractivity (Wildman–Crippen MR) is 80.7 cm³/mol. The molecule has 0 heterocycles. The van der Waals surface area contributed by atoms with Crippen LogP contribution in [0, 0.1) is 0 Å². The van der Waals surface area contributed by atoms with Gasteiger partial charge in [-0.3, -0.25) is 4.79 Å². The summed E-state index contributed by atoms with van der Waals surface area (Å²) in [5.41, 5.74) is 1.59. The Morgan fingerprint density at radius 2 is 1.82 bits per heavy atom. The quantitative estimate of drug-likeness (QED) is 0.795. The first-order valence-electron chi connectivity index (χ1n) is 6.81. The minimum atomic E-state index is -0.962. The third kappa shape index (κ3) is 3.85. The van der Waals surface area contributed by atoms with Crippen molar-refractivity contribution in [2.75, 3.05) is 6.61 Å². The third-order valence-electron chi connectivity index (χ3n) is 3.00. The highest BCUT2D eigenvalue weighted by Crippen LogP contribution is 2.28. The fraction of sp³-hybridized carbons (Fsp3) is 0.176. The Morgan fingerprint density at radius 3 is 2.41 bits per heavy atom. The molecule has 1 N–H and O–H groups in total. The van der Waals surface area contributed by atoms with Crippen molar-refractivity contribution < 1.29 is 24.2 Å². The van der Waals surface area contributed by atoms with Crippen LogP contribution in [0.2, 0.25) is 0 Å². The molecule has 0 fully saturated rings. The van der Waals surface area contributed by atoms with Gasteiger partial charge in [-0.1, -0.05) is 12.1 Å². The smallest absolute Gasteiger partial charge is 0.335 e. The molecule has 0 saturated heterocycles. The van der Waals surface area contributed by atoms with Gasteiger partial charge < -0.3 is 14.6 Å². The van der Waals surface area contributed by atoms with Crippen molar-refractivity contribution in [3.05, 3.63) is 59.2 Å². The summed E-state index contributed by atoms with van der Waals surface area (Å²) in [5, 5.41) is 8.85. The number of rotatable bonds is 7. The number of carboxylic acid groups (broad SMARTS) is 1. The lowest BCUT2D eigenvalue weighted by molar-refractivity contribution is 0.0696. The van der Waals surface area contributed by atoms with E-state index in [1.54, 1.807) is 30.3 Å². The van der Waals surface area contributed by atoms with Crippen LogP contribution in [-0.4, -0.2) is 24.0 Å². The summed E-state index contributed by atoms with van der Waals surface area (Å²) in [6.07, 6.45) is 0.747. The summed E-state index contributed by atoms with van der Waals surface area (Å²) >= 11 is 0. The lowest BCUT2D eigenvalue weighted by atomic mass is 10.1. The van der Waals surface area contributed by atoms with Crippen LogP contribution in [0.25, 0.3) is 0 Å². The maximum Gasteiger partial charge on any atom is 0.335 e. The second-order valence-corrected chi connectivity index (χ2v) is 4.55. The van der Waals surface area contributed by atoms with Crippen molar-refractivity contribution in [2.24, 2.45) is 0 Å². The second-order valence-electron chi connectivity index (χ2n) is 4.55. The summed E-state index contributed by atoms with van der Waals surface area (Å²) in [7, 11) is 0. The molecule has 5 nitrogen and oxygen atoms in total. The molecule has 5 heteroatoms. The molecular formula is C17H16O5. The summed E-state index contributed by atoms with van der Waals surface area (Å²) in [6, 6.07) is 11.4. The second kappa shape index (κ2) is 7.26. The molecule has 0 amide bonds. The van der Waals surface area contributed by atoms with Gasteiger partial charge in [0.1, 0.15) is 12.9 Å². The monoisotopic (exact) mass is 300 g/mol. The van der Waals surface area contributed by atoms with E-state index in [1.807, 2.05) is 6.92 Å². The number of aromatic carboxylic acids is 1. The molecule has 0 atom stereocenters. The Hall–Kier alpha value is -2.82. The molecule has 0 aliphatic heterocycles. The Morgan fingerprint density at radius 1 is 1.09 bits per heavy atom. The molecule has 0 aliphatic rings.